The molecule has 1 unspecified atom stereocenters. The van der Waals surface area contributed by atoms with Crippen LogP contribution in [-0.4, -0.2) is 22.9 Å². The molecule has 0 aromatic heterocycles. The molecular weight excluding hydrogens is 230 g/mol. The molecule has 1 heterocycles. The molecule has 1 aliphatic rings. The number of hydrogen-bond donors (Lipinski definition) is 0. The van der Waals surface area contributed by atoms with Gasteiger partial charge in [-0.15, -0.1) is 0 Å². The Morgan fingerprint density at radius 1 is 1.22 bits per heavy atom. The summed E-state index contributed by atoms with van der Waals surface area (Å²) in [5.41, 5.74) is 0.902. The van der Waals surface area contributed by atoms with E-state index in [0.29, 0.717) is 0 Å². The molecule has 0 spiro atoms. The Labute approximate surface area is 106 Å². The average molecular weight is 245 g/mol. The number of rotatable bonds is 3. The Kier molecular flexibility index (Phi) is 3.90. The van der Waals surface area contributed by atoms with E-state index in [-0.39, 0.29) is 11.7 Å². The van der Waals surface area contributed by atoms with Gasteiger partial charge in [-0.1, -0.05) is 6.42 Å². The molecule has 2 rings (SSSR count). The predicted molar refractivity (Wildman–Crippen MR) is 66.9 cm³/mol. The van der Waals surface area contributed by atoms with E-state index >= 15 is 0 Å². The van der Waals surface area contributed by atoms with Crippen LogP contribution in [0.25, 0.3) is 0 Å². The molecule has 5 nitrogen and oxygen atoms in total. The van der Waals surface area contributed by atoms with Crippen molar-refractivity contribution in [3.63, 3.8) is 0 Å². The summed E-state index contributed by atoms with van der Waals surface area (Å²) in [6, 6.07) is 8.29. The van der Waals surface area contributed by atoms with Gasteiger partial charge in [0.1, 0.15) is 6.04 Å². The SMILES string of the molecule is N#CC(c1ccc([N+](=O)[O-])cc1)N1CCCCC1. The third-order valence-electron chi connectivity index (χ3n) is 3.30. The third-order valence-corrected chi connectivity index (χ3v) is 3.30. The van der Waals surface area contributed by atoms with Gasteiger partial charge in [0.15, 0.2) is 0 Å². The minimum absolute atomic E-state index is 0.0640. The fourth-order valence-corrected chi connectivity index (χ4v) is 2.32. The first-order valence-electron chi connectivity index (χ1n) is 6.10. The number of hydrogen-bond acceptors (Lipinski definition) is 4. The molecule has 18 heavy (non-hydrogen) atoms. The van der Waals surface area contributed by atoms with Crippen LogP contribution in [0, 0.1) is 21.4 Å². The Bertz CT molecular complexity index is 458. The van der Waals surface area contributed by atoms with Crippen LogP contribution in [0.3, 0.4) is 0 Å². The number of likely N-dealkylation sites (tertiary alicyclic amines) is 1. The fourth-order valence-electron chi connectivity index (χ4n) is 2.32. The zero-order valence-corrected chi connectivity index (χ0v) is 10.1. The highest BCUT2D eigenvalue weighted by atomic mass is 16.6. The summed E-state index contributed by atoms with van der Waals surface area (Å²) in [7, 11) is 0. The minimum atomic E-state index is -0.425. The van der Waals surface area contributed by atoms with Gasteiger partial charge in [0.2, 0.25) is 0 Å². The minimum Gasteiger partial charge on any atom is -0.284 e. The van der Waals surface area contributed by atoms with Crippen LogP contribution in [0.15, 0.2) is 24.3 Å². The van der Waals surface area contributed by atoms with Crippen LogP contribution in [0.5, 0.6) is 0 Å². The van der Waals surface area contributed by atoms with E-state index in [9.17, 15) is 15.4 Å². The molecule has 0 aliphatic carbocycles. The van der Waals surface area contributed by atoms with Gasteiger partial charge in [-0.25, -0.2) is 0 Å². The lowest BCUT2D eigenvalue weighted by molar-refractivity contribution is -0.384. The molecule has 0 bridgehead atoms. The number of piperidine rings is 1. The first-order valence-corrected chi connectivity index (χ1v) is 6.10. The number of nitriles is 1. The van der Waals surface area contributed by atoms with Crippen molar-refractivity contribution in [1.82, 2.24) is 4.90 Å². The van der Waals surface area contributed by atoms with Gasteiger partial charge in [-0.2, -0.15) is 5.26 Å². The second-order valence-corrected chi connectivity index (χ2v) is 4.48. The molecule has 0 N–H and O–H groups in total. The van der Waals surface area contributed by atoms with Crippen LogP contribution in [0.1, 0.15) is 30.9 Å². The summed E-state index contributed by atoms with van der Waals surface area (Å²) in [4.78, 5) is 12.3. The summed E-state index contributed by atoms with van der Waals surface area (Å²) >= 11 is 0. The Hall–Kier alpha value is -1.93. The molecule has 94 valence electrons. The first-order chi connectivity index (χ1) is 8.72. The monoisotopic (exact) mass is 245 g/mol. The standard InChI is InChI=1S/C13H15N3O2/c14-10-13(15-8-2-1-3-9-15)11-4-6-12(7-5-11)16(17)18/h4-7,13H,1-3,8-9H2. The van der Waals surface area contributed by atoms with E-state index in [4.69, 9.17) is 0 Å². The number of nitro groups is 1. The Balaban J connectivity index is 2.17. The van der Waals surface area contributed by atoms with Gasteiger partial charge in [0, 0.05) is 12.1 Å². The number of benzene rings is 1. The molecule has 1 saturated heterocycles. The summed E-state index contributed by atoms with van der Waals surface area (Å²) in [6.45, 7) is 1.85. The molecular formula is C13H15N3O2. The van der Waals surface area contributed by atoms with Crippen molar-refractivity contribution < 1.29 is 4.92 Å². The third kappa shape index (κ3) is 2.66. The first kappa shape index (κ1) is 12.5. The Morgan fingerprint density at radius 3 is 2.33 bits per heavy atom. The van der Waals surface area contributed by atoms with Crippen molar-refractivity contribution >= 4 is 5.69 Å². The summed E-state index contributed by atoms with van der Waals surface area (Å²) < 4.78 is 0. The largest absolute Gasteiger partial charge is 0.284 e. The van der Waals surface area contributed by atoms with Crippen LogP contribution in [0.2, 0.25) is 0 Å². The second-order valence-electron chi connectivity index (χ2n) is 4.48. The van der Waals surface area contributed by atoms with E-state index in [1.165, 1.54) is 18.6 Å². The maximum Gasteiger partial charge on any atom is 0.269 e. The molecule has 5 heteroatoms. The van der Waals surface area contributed by atoms with Crippen molar-refractivity contribution in [2.24, 2.45) is 0 Å². The highest BCUT2D eigenvalue weighted by molar-refractivity contribution is 5.35. The smallest absolute Gasteiger partial charge is 0.269 e. The van der Waals surface area contributed by atoms with Gasteiger partial charge in [-0.3, -0.25) is 15.0 Å². The molecule has 0 amide bonds. The molecule has 0 saturated carbocycles. The molecule has 0 radical (unpaired) electrons. The maximum atomic E-state index is 10.6. The summed E-state index contributed by atoms with van der Waals surface area (Å²) in [5, 5.41) is 19.9. The Morgan fingerprint density at radius 2 is 1.83 bits per heavy atom. The molecule has 1 fully saturated rings. The predicted octanol–water partition coefficient (Wildman–Crippen LogP) is 2.65. The van der Waals surface area contributed by atoms with Crippen molar-refractivity contribution in [1.29, 1.82) is 5.26 Å². The van der Waals surface area contributed by atoms with E-state index in [0.717, 1.165) is 31.5 Å². The van der Waals surface area contributed by atoms with Gasteiger partial charge < -0.3 is 0 Å². The van der Waals surface area contributed by atoms with Gasteiger partial charge in [-0.05, 0) is 43.6 Å². The van der Waals surface area contributed by atoms with Crippen LogP contribution >= 0.6 is 0 Å². The van der Waals surface area contributed by atoms with E-state index in [1.807, 2.05) is 0 Å². The van der Waals surface area contributed by atoms with E-state index in [2.05, 4.69) is 11.0 Å². The number of non-ortho nitro benzene ring substituents is 1. The van der Waals surface area contributed by atoms with Gasteiger partial charge in [0.05, 0.1) is 11.0 Å². The van der Waals surface area contributed by atoms with Crippen molar-refractivity contribution in [2.45, 2.75) is 25.3 Å². The van der Waals surface area contributed by atoms with Crippen molar-refractivity contribution in [3.8, 4) is 6.07 Å². The van der Waals surface area contributed by atoms with Crippen LogP contribution in [0.4, 0.5) is 5.69 Å². The van der Waals surface area contributed by atoms with Crippen LogP contribution < -0.4 is 0 Å². The average Bonchev–Trinajstić information content (AvgIpc) is 2.41. The number of nitro benzene ring substituents is 1. The van der Waals surface area contributed by atoms with Gasteiger partial charge >= 0.3 is 0 Å². The van der Waals surface area contributed by atoms with E-state index < -0.39 is 4.92 Å². The molecule has 1 aromatic carbocycles. The van der Waals surface area contributed by atoms with Crippen molar-refractivity contribution in [2.75, 3.05) is 13.1 Å². The summed E-state index contributed by atoms with van der Waals surface area (Å²) in [5.74, 6) is 0. The fraction of sp³-hybridized carbons (Fsp3) is 0.462. The van der Waals surface area contributed by atoms with Crippen LogP contribution in [-0.2, 0) is 0 Å². The normalized spacial score (nSPS) is 17.9. The summed E-state index contributed by atoms with van der Waals surface area (Å²) in [6.07, 6.45) is 3.45. The molecule has 1 atom stereocenters. The topological polar surface area (TPSA) is 70.2 Å². The lowest BCUT2D eigenvalue weighted by atomic mass is 10.0. The van der Waals surface area contributed by atoms with Crippen molar-refractivity contribution in [3.05, 3.63) is 39.9 Å². The second kappa shape index (κ2) is 5.61. The number of nitrogens with zero attached hydrogens (tertiary/aromatic N) is 3. The quantitative estimate of drug-likeness (QED) is 0.606. The zero-order valence-electron chi connectivity index (χ0n) is 10.1. The highest BCUT2D eigenvalue weighted by Crippen LogP contribution is 2.25. The maximum absolute atomic E-state index is 10.6. The molecule has 1 aliphatic heterocycles. The lowest BCUT2D eigenvalue weighted by Gasteiger charge is -2.30. The van der Waals surface area contributed by atoms with E-state index in [1.54, 1.807) is 12.1 Å². The van der Waals surface area contributed by atoms with Gasteiger partial charge in [0.25, 0.3) is 5.69 Å². The zero-order chi connectivity index (χ0) is 13.0. The highest BCUT2D eigenvalue weighted by Gasteiger charge is 2.22. The lowest BCUT2D eigenvalue weighted by Crippen LogP contribution is -2.33. The molecule has 1 aromatic rings.